The quantitative estimate of drug-likeness (QED) is 0.701. The Balaban J connectivity index is 1.39. The Bertz CT molecular complexity index is 900. The van der Waals surface area contributed by atoms with Crippen LogP contribution in [0.2, 0.25) is 0 Å². The summed E-state index contributed by atoms with van der Waals surface area (Å²) in [7, 11) is 0. The molecular weight excluding hydrogens is 342 g/mol. The van der Waals surface area contributed by atoms with E-state index in [4.69, 9.17) is 9.47 Å². The monoisotopic (exact) mass is 355 g/mol. The minimum atomic E-state index is -0.161. The van der Waals surface area contributed by atoms with Crippen molar-refractivity contribution in [3.05, 3.63) is 48.5 Å². The molecular formula is C16H13N5O3S. The molecule has 0 unspecified atom stereocenters. The highest BCUT2D eigenvalue weighted by Gasteiger charge is 2.15. The highest BCUT2D eigenvalue weighted by Crippen LogP contribution is 2.34. The molecule has 0 atom stereocenters. The van der Waals surface area contributed by atoms with Crippen molar-refractivity contribution < 1.29 is 14.3 Å². The highest BCUT2D eigenvalue weighted by atomic mass is 32.2. The Kier molecular flexibility index (Phi) is 4.21. The van der Waals surface area contributed by atoms with E-state index in [1.54, 1.807) is 22.9 Å². The number of tetrazole rings is 1. The predicted octanol–water partition coefficient (Wildman–Crippen LogP) is 2.12. The third-order valence-electron chi connectivity index (χ3n) is 3.43. The predicted molar refractivity (Wildman–Crippen MR) is 91.1 cm³/mol. The number of nitrogens with zero attached hydrogens (tertiary/aromatic N) is 4. The first kappa shape index (κ1) is 15.5. The molecule has 0 bridgehead atoms. The highest BCUT2D eigenvalue weighted by molar-refractivity contribution is 7.99. The number of amides is 1. The summed E-state index contributed by atoms with van der Waals surface area (Å²) in [6.45, 7) is 0.199. The largest absolute Gasteiger partial charge is 0.454 e. The maximum absolute atomic E-state index is 12.2. The van der Waals surface area contributed by atoms with Gasteiger partial charge in [-0.1, -0.05) is 30.0 Å². The maximum atomic E-state index is 12.2. The van der Waals surface area contributed by atoms with E-state index in [0.29, 0.717) is 22.3 Å². The summed E-state index contributed by atoms with van der Waals surface area (Å²) < 4.78 is 12.1. The van der Waals surface area contributed by atoms with Gasteiger partial charge in [-0.15, -0.1) is 5.10 Å². The lowest BCUT2D eigenvalue weighted by molar-refractivity contribution is -0.113. The van der Waals surface area contributed by atoms with E-state index in [1.165, 1.54) is 11.8 Å². The fourth-order valence-electron chi connectivity index (χ4n) is 2.30. The van der Waals surface area contributed by atoms with E-state index in [9.17, 15) is 4.79 Å². The number of anilines is 1. The van der Waals surface area contributed by atoms with E-state index in [-0.39, 0.29) is 18.5 Å². The molecule has 1 aliphatic rings. The van der Waals surface area contributed by atoms with Gasteiger partial charge in [0.2, 0.25) is 17.9 Å². The summed E-state index contributed by atoms with van der Waals surface area (Å²) in [5.41, 5.74) is 1.49. The minimum Gasteiger partial charge on any atom is -0.454 e. The number of rotatable bonds is 5. The van der Waals surface area contributed by atoms with Gasteiger partial charge in [-0.2, -0.15) is 4.68 Å². The Labute approximate surface area is 147 Å². The van der Waals surface area contributed by atoms with Crippen LogP contribution in [0.25, 0.3) is 5.69 Å². The molecule has 0 radical (unpaired) electrons. The number of para-hydroxylation sites is 1. The molecule has 2 heterocycles. The van der Waals surface area contributed by atoms with E-state index >= 15 is 0 Å². The van der Waals surface area contributed by atoms with Gasteiger partial charge >= 0.3 is 0 Å². The average Bonchev–Trinajstić information content (AvgIpc) is 3.29. The molecule has 0 aliphatic carbocycles. The summed E-state index contributed by atoms with van der Waals surface area (Å²) in [6, 6.07) is 14.8. The number of benzene rings is 2. The van der Waals surface area contributed by atoms with Crippen molar-refractivity contribution in [1.29, 1.82) is 0 Å². The average molecular weight is 355 g/mol. The van der Waals surface area contributed by atoms with Crippen LogP contribution in [0.5, 0.6) is 11.5 Å². The van der Waals surface area contributed by atoms with Crippen molar-refractivity contribution in [1.82, 2.24) is 20.2 Å². The molecule has 0 spiro atoms. The second-order valence-corrected chi connectivity index (χ2v) is 6.06. The van der Waals surface area contributed by atoms with E-state index in [0.717, 1.165) is 5.69 Å². The van der Waals surface area contributed by atoms with Crippen molar-refractivity contribution in [3.8, 4) is 17.2 Å². The van der Waals surface area contributed by atoms with Crippen molar-refractivity contribution >= 4 is 23.4 Å². The van der Waals surface area contributed by atoms with E-state index < -0.39 is 0 Å². The van der Waals surface area contributed by atoms with Crippen LogP contribution in [-0.4, -0.2) is 38.7 Å². The third kappa shape index (κ3) is 3.41. The Morgan fingerprint density at radius 2 is 2.00 bits per heavy atom. The smallest absolute Gasteiger partial charge is 0.234 e. The zero-order chi connectivity index (χ0) is 17.1. The van der Waals surface area contributed by atoms with Gasteiger partial charge in [-0.05, 0) is 34.7 Å². The van der Waals surface area contributed by atoms with Crippen LogP contribution in [0.1, 0.15) is 0 Å². The summed E-state index contributed by atoms with van der Waals surface area (Å²) in [5, 5.41) is 15.0. The molecule has 0 saturated carbocycles. The summed E-state index contributed by atoms with van der Waals surface area (Å²) in [5.74, 6) is 1.32. The number of nitrogens with one attached hydrogen (secondary N) is 1. The van der Waals surface area contributed by atoms with Crippen molar-refractivity contribution in [2.75, 3.05) is 17.9 Å². The van der Waals surface area contributed by atoms with Crippen LogP contribution in [0.15, 0.2) is 53.7 Å². The molecule has 3 aromatic rings. The molecule has 4 rings (SSSR count). The molecule has 0 fully saturated rings. The molecule has 1 aliphatic heterocycles. The zero-order valence-corrected chi connectivity index (χ0v) is 13.8. The second kappa shape index (κ2) is 6.81. The molecule has 1 N–H and O–H groups in total. The number of thioether (sulfide) groups is 1. The summed E-state index contributed by atoms with van der Waals surface area (Å²) in [6.07, 6.45) is 0. The molecule has 1 amide bonds. The molecule has 0 saturated heterocycles. The topological polar surface area (TPSA) is 91.2 Å². The van der Waals surface area contributed by atoms with Crippen molar-refractivity contribution in [3.63, 3.8) is 0 Å². The van der Waals surface area contributed by atoms with Crippen LogP contribution in [0, 0.1) is 0 Å². The lowest BCUT2D eigenvalue weighted by Gasteiger charge is -2.06. The lowest BCUT2D eigenvalue weighted by atomic mass is 10.3. The number of ether oxygens (including phenoxy) is 2. The molecule has 8 nitrogen and oxygen atoms in total. The first-order chi connectivity index (χ1) is 12.3. The van der Waals surface area contributed by atoms with Gasteiger partial charge in [-0.3, -0.25) is 4.79 Å². The molecule has 25 heavy (non-hydrogen) atoms. The molecule has 9 heteroatoms. The Morgan fingerprint density at radius 3 is 2.88 bits per heavy atom. The van der Waals surface area contributed by atoms with Crippen LogP contribution < -0.4 is 14.8 Å². The maximum Gasteiger partial charge on any atom is 0.234 e. The van der Waals surface area contributed by atoms with Gasteiger partial charge in [0, 0.05) is 11.8 Å². The van der Waals surface area contributed by atoms with Gasteiger partial charge in [-0.25, -0.2) is 0 Å². The number of carbonyl (C=O) groups is 1. The standard InChI is InChI=1S/C16H13N5O3S/c22-15(17-11-6-7-13-14(8-11)24-10-23-13)9-25-16-18-19-20-21(16)12-4-2-1-3-5-12/h1-8H,9-10H2,(H,17,22). The van der Waals surface area contributed by atoms with Crippen LogP contribution in [0.4, 0.5) is 5.69 Å². The number of hydrogen-bond donors (Lipinski definition) is 1. The van der Waals surface area contributed by atoms with Gasteiger partial charge in [0.25, 0.3) is 0 Å². The van der Waals surface area contributed by atoms with Crippen molar-refractivity contribution in [2.45, 2.75) is 5.16 Å². The fourth-order valence-corrected chi connectivity index (χ4v) is 2.99. The molecule has 2 aromatic carbocycles. The number of hydrogen-bond acceptors (Lipinski definition) is 7. The van der Waals surface area contributed by atoms with Gasteiger partial charge in [0.05, 0.1) is 11.4 Å². The Morgan fingerprint density at radius 1 is 1.16 bits per heavy atom. The normalized spacial score (nSPS) is 12.2. The van der Waals surface area contributed by atoms with Crippen LogP contribution in [-0.2, 0) is 4.79 Å². The summed E-state index contributed by atoms with van der Waals surface area (Å²) in [4.78, 5) is 12.2. The van der Waals surface area contributed by atoms with Crippen LogP contribution >= 0.6 is 11.8 Å². The Hall–Kier alpha value is -3.07. The van der Waals surface area contributed by atoms with Gasteiger partial charge in [0.1, 0.15) is 0 Å². The second-order valence-electron chi connectivity index (χ2n) is 5.11. The number of aromatic nitrogens is 4. The first-order valence-corrected chi connectivity index (χ1v) is 8.44. The SMILES string of the molecule is O=C(CSc1nnnn1-c1ccccc1)Nc1ccc2c(c1)OCO2. The molecule has 126 valence electrons. The fraction of sp³-hybridized carbons (Fsp3) is 0.125. The lowest BCUT2D eigenvalue weighted by Crippen LogP contribution is -2.14. The summed E-state index contributed by atoms with van der Waals surface area (Å²) >= 11 is 1.26. The minimum absolute atomic E-state index is 0.161. The van der Waals surface area contributed by atoms with Gasteiger partial charge < -0.3 is 14.8 Å². The van der Waals surface area contributed by atoms with E-state index in [2.05, 4.69) is 20.8 Å². The van der Waals surface area contributed by atoms with Gasteiger partial charge in [0.15, 0.2) is 11.5 Å². The van der Waals surface area contributed by atoms with E-state index in [1.807, 2.05) is 30.3 Å². The zero-order valence-electron chi connectivity index (χ0n) is 13.0. The number of carbonyl (C=O) groups excluding carboxylic acids is 1. The first-order valence-electron chi connectivity index (χ1n) is 7.46. The molecule has 1 aromatic heterocycles. The van der Waals surface area contributed by atoms with Crippen molar-refractivity contribution in [2.24, 2.45) is 0 Å². The van der Waals surface area contributed by atoms with Crippen LogP contribution in [0.3, 0.4) is 0 Å². The number of fused-ring (bicyclic) bond motifs is 1. The third-order valence-corrected chi connectivity index (χ3v) is 4.35.